The number of nitrogens with one attached hydrogen (secondary N) is 1. The van der Waals surface area contributed by atoms with E-state index in [1.165, 1.54) is 0 Å². The van der Waals surface area contributed by atoms with Crippen LogP contribution in [0.25, 0.3) is 0 Å². The number of hydrogen-bond donors (Lipinski definition) is 2. The van der Waals surface area contributed by atoms with Gasteiger partial charge in [0, 0.05) is 18.1 Å². The molecular formula is C19H25ClN2O3. The number of aliphatic carboxylic acids is 1. The fourth-order valence-corrected chi connectivity index (χ4v) is 4.55. The third-order valence-corrected chi connectivity index (χ3v) is 6.00. The van der Waals surface area contributed by atoms with E-state index in [0.29, 0.717) is 18.1 Å². The van der Waals surface area contributed by atoms with Gasteiger partial charge in [-0.25, -0.2) is 0 Å². The van der Waals surface area contributed by atoms with Gasteiger partial charge in [-0.1, -0.05) is 37.1 Å². The van der Waals surface area contributed by atoms with Crippen molar-refractivity contribution in [1.29, 1.82) is 0 Å². The summed E-state index contributed by atoms with van der Waals surface area (Å²) in [6.07, 6.45) is 3.45. The molecule has 0 aromatic heterocycles. The highest BCUT2D eigenvalue weighted by molar-refractivity contribution is 6.30. The summed E-state index contributed by atoms with van der Waals surface area (Å²) >= 11 is 5.92. The minimum atomic E-state index is -0.703. The van der Waals surface area contributed by atoms with Gasteiger partial charge >= 0.3 is 5.97 Å². The van der Waals surface area contributed by atoms with Crippen LogP contribution in [-0.4, -0.2) is 41.5 Å². The Balaban J connectivity index is 1.59. The molecule has 1 saturated heterocycles. The van der Waals surface area contributed by atoms with Crippen LogP contribution >= 0.6 is 11.6 Å². The van der Waals surface area contributed by atoms with Crippen LogP contribution in [0.1, 0.15) is 44.2 Å². The number of rotatable bonds is 6. The number of halogens is 1. The van der Waals surface area contributed by atoms with Crippen molar-refractivity contribution < 1.29 is 14.7 Å². The molecule has 0 spiro atoms. The Morgan fingerprint density at radius 1 is 1.40 bits per heavy atom. The van der Waals surface area contributed by atoms with Crippen LogP contribution in [0.3, 0.4) is 0 Å². The van der Waals surface area contributed by atoms with Crippen molar-refractivity contribution in [2.45, 2.75) is 38.6 Å². The summed E-state index contributed by atoms with van der Waals surface area (Å²) < 4.78 is 0. The van der Waals surface area contributed by atoms with Crippen LogP contribution in [0.4, 0.5) is 0 Å². The summed E-state index contributed by atoms with van der Waals surface area (Å²) in [5.74, 6) is -0.580. The van der Waals surface area contributed by atoms with E-state index >= 15 is 0 Å². The molecule has 1 aliphatic heterocycles. The Morgan fingerprint density at radius 3 is 2.72 bits per heavy atom. The number of carbonyl (C=O) groups is 2. The second-order valence-corrected chi connectivity index (χ2v) is 7.74. The van der Waals surface area contributed by atoms with Crippen LogP contribution in [0, 0.1) is 11.3 Å². The van der Waals surface area contributed by atoms with Gasteiger partial charge in [-0.2, -0.15) is 0 Å². The number of hydrogen-bond acceptors (Lipinski definition) is 3. The topological polar surface area (TPSA) is 69.6 Å². The average Bonchev–Trinajstić information content (AvgIpc) is 3.11. The van der Waals surface area contributed by atoms with Gasteiger partial charge in [-0.15, -0.1) is 0 Å². The molecule has 3 atom stereocenters. The smallest absolute Gasteiger partial charge is 0.311 e. The molecule has 2 fully saturated rings. The quantitative estimate of drug-likeness (QED) is 0.813. The zero-order valence-electron chi connectivity index (χ0n) is 14.5. The highest BCUT2D eigenvalue weighted by atomic mass is 35.5. The monoisotopic (exact) mass is 364 g/mol. The van der Waals surface area contributed by atoms with Crippen molar-refractivity contribution in [2.75, 3.05) is 19.6 Å². The van der Waals surface area contributed by atoms with Crippen molar-refractivity contribution >= 4 is 23.5 Å². The van der Waals surface area contributed by atoms with E-state index in [0.717, 1.165) is 31.2 Å². The van der Waals surface area contributed by atoms with Crippen molar-refractivity contribution in [3.8, 4) is 0 Å². The molecule has 0 radical (unpaired) electrons. The average molecular weight is 365 g/mol. The summed E-state index contributed by atoms with van der Waals surface area (Å²) in [5.41, 5.74) is 0.390. The van der Waals surface area contributed by atoms with Crippen LogP contribution in [0.2, 0.25) is 5.02 Å². The molecule has 6 heteroatoms. The van der Waals surface area contributed by atoms with Gasteiger partial charge in [0.25, 0.3) is 0 Å². The fraction of sp³-hybridized carbons (Fsp3) is 0.579. The second kappa shape index (κ2) is 7.34. The van der Waals surface area contributed by atoms with Crippen molar-refractivity contribution in [1.82, 2.24) is 10.2 Å². The third kappa shape index (κ3) is 3.67. The van der Waals surface area contributed by atoms with E-state index in [9.17, 15) is 14.7 Å². The van der Waals surface area contributed by atoms with Crippen LogP contribution < -0.4 is 5.32 Å². The number of carboxylic acid groups (broad SMARTS) is 1. The van der Waals surface area contributed by atoms with Gasteiger partial charge in [0.1, 0.15) is 0 Å². The van der Waals surface area contributed by atoms with Gasteiger partial charge < -0.3 is 10.4 Å². The van der Waals surface area contributed by atoms with Crippen LogP contribution in [-0.2, 0) is 9.59 Å². The zero-order chi connectivity index (χ0) is 18.0. The molecule has 1 amide bonds. The van der Waals surface area contributed by atoms with E-state index in [-0.39, 0.29) is 24.4 Å². The van der Waals surface area contributed by atoms with Crippen LogP contribution in [0.15, 0.2) is 24.3 Å². The molecule has 136 valence electrons. The number of likely N-dealkylation sites (tertiary alicyclic amines) is 1. The Bertz CT molecular complexity index is 649. The summed E-state index contributed by atoms with van der Waals surface area (Å²) in [6.45, 7) is 3.48. The lowest BCUT2D eigenvalue weighted by atomic mass is 9.81. The molecular weight excluding hydrogens is 340 g/mol. The van der Waals surface area contributed by atoms with Crippen molar-refractivity contribution in [3.63, 3.8) is 0 Å². The van der Waals surface area contributed by atoms with Gasteiger partial charge in [-0.05, 0) is 42.9 Å². The van der Waals surface area contributed by atoms with E-state index in [1.54, 1.807) is 0 Å². The van der Waals surface area contributed by atoms with Gasteiger partial charge in [-0.3, -0.25) is 14.5 Å². The molecule has 1 aromatic carbocycles. The number of amides is 1. The Hall–Kier alpha value is -1.59. The third-order valence-electron chi connectivity index (χ3n) is 5.75. The number of fused-ring (bicyclic) bond motifs is 1. The SMILES string of the molecule is CCC(NC(=O)CN1C[C@@H]2CCC[C@@]2(C(=O)O)C1)c1ccc(Cl)cc1. The zero-order valence-corrected chi connectivity index (χ0v) is 15.3. The molecule has 25 heavy (non-hydrogen) atoms. The van der Waals surface area contributed by atoms with Crippen molar-refractivity contribution in [2.24, 2.45) is 11.3 Å². The van der Waals surface area contributed by atoms with Crippen molar-refractivity contribution in [3.05, 3.63) is 34.9 Å². The maximum atomic E-state index is 12.5. The lowest BCUT2D eigenvalue weighted by molar-refractivity contribution is -0.149. The first-order chi connectivity index (χ1) is 11.9. The first-order valence-corrected chi connectivity index (χ1v) is 9.33. The van der Waals surface area contributed by atoms with E-state index in [1.807, 2.05) is 36.1 Å². The van der Waals surface area contributed by atoms with Crippen LogP contribution in [0.5, 0.6) is 0 Å². The lowest BCUT2D eigenvalue weighted by Gasteiger charge is -2.24. The molecule has 2 aliphatic rings. The molecule has 5 nitrogen and oxygen atoms in total. The van der Waals surface area contributed by atoms with Gasteiger partial charge in [0.2, 0.25) is 5.91 Å². The normalized spacial score (nSPS) is 27.0. The predicted octanol–water partition coefficient (Wildman–Crippen LogP) is 3.09. The predicted molar refractivity (Wildman–Crippen MR) is 96.5 cm³/mol. The maximum Gasteiger partial charge on any atom is 0.311 e. The fourth-order valence-electron chi connectivity index (χ4n) is 4.42. The maximum absolute atomic E-state index is 12.5. The summed E-state index contributed by atoms with van der Waals surface area (Å²) in [5, 5.41) is 13.4. The molecule has 1 aromatic rings. The van der Waals surface area contributed by atoms with Gasteiger partial charge in [0.05, 0.1) is 18.0 Å². The number of carboxylic acids is 1. The second-order valence-electron chi connectivity index (χ2n) is 7.30. The highest BCUT2D eigenvalue weighted by Crippen LogP contribution is 2.48. The van der Waals surface area contributed by atoms with E-state index in [4.69, 9.17) is 11.6 Å². The Labute approximate surface area is 153 Å². The number of nitrogens with zero attached hydrogens (tertiary/aromatic N) is 1. The first-order valence-electron chi connectivity index (χ1n) is 8.95. The first kappa shape index (κ1) is 18.2. The summed E-state index contributed by atoms with van der Waals surface area (Å²) in [7, 11) is 0. The standard InChI is InChI=1S/C19H25ClN2O3/c1-2-16(13-5-7-15(20)8-6-13)21-17(23)11-22-10-14-4-3-9-19(14,12-22)18(24)25/h5-8,14,16H,2-4,9-12H2,1H3,(H,21,23)(H,24,25)/t14-,16?,19+/m0/s1. The molecule has 3 rings (SSSR count). The molecule has 0 bridgehead atoms. The number of benzene rings is 1. The Kier molecular flexibility index (Phi) is 5.35. The highest BCUT2D eigenvalue weighted by Gasteiger charge is 2.54. The molecule has 1 heterocycles. The summed E-state index contributed by atoms with van der Waals surface area (Å²) in [6, 6.07) is 7.45. The molecule has 1 aliphatic carbocycles. The van der Waals surface area contributed by atoms with E-state index in [2.05, 4.69) is 5.32 Å². The molecule has 2 N–H and O–H groups in total. The number of carbonyl (C=O) groups excluding carboxylic acids is 1. The minimum absolute atomic E-state index is 0.0534. The lowest BCUT2D eigenvalue weighted by Crippen LogP contribution is -2.40. The Morgan fingerprint density at radius 2 is 2.12 bits per heavy atom. The minimum Gasteiger partial charge on any atom is -0.481 e. The molecule has 1 saturated carbocycles. The summed E-state index contributed by atoms with van der Waals surface area (Å²) in [4.78, 5) is 26.2. The largest absolute Gasteiger partial charge is 0.481 e. The van der Waals surface area contributed by atoms with E-state index < -0.39 is 11.4 Å². The van der Waals surface area contributed by atoms with Gasteiger partial charge in [0.15, 0.2) is 0 Å². The molecule has 1 unspecified atom stereocenters.